The summed E-state index contributed by atoms with van der Waals surface area (Å²) in [6, 6.07) is 6.35. The van der Waals surface area contributed by atoms with Crippen LogP contribution in [0, 0.1) is 6.92 Å². The molecule has 0 spiro atoms. The standard InChI is InChI=1S/C12H15N5O3S/c1-7-3-5-8(6-4-7)21(18,19)17-9-10(13)15-12(14)16-11(9)20-2/h3-6,17H,1-2H3,(H4,13,14,15,16). The summed E-state index contributed by atoms with van der Waals surface area (Å²) in [4.78, 5) is 7.58. The fraction of sp³-hybridized carbons (Fsp3) is 0.167. The topological polar surface area (TPSA) is 133 Å². The molecule has 0 fully saturated rings. The fourth-order valence-electron chi connectivity index (χ4n) is 1.63. The number of aryl methyl sites for hydroxylation is 1. The number of methoxy groups -OCH3 is 1. The first-order chi connectivity index (χ1) is 9.83. The number of nitrogens with two attached hydrogens (primary N) is 2. The predicted octanol–water partition coefficient (Wildman–Crippen LogP) is 0.759. The molecule has 0 aliphatic rings. The van der Waals surface area contributed by atoms with E-state index in [9.17, 15) is 8.42 Å². The van der Waals surface area contributed by atoms with Gasteiger partial charge in [-0.05, 0) is 19.1 Å². The van der Waals surface area contributed by atoms with Gasteiger partial charge in [0.05, 0.1) is 12.0 Å². The maximum atomic E-state index is 12.3. The normalized spacial score (nSPS) is 11.1. The third kappa shape index (κ3) is 3.14. The largest absolute Gasteiger partial charge is 0.479 e. The van der Waals surface area contributed by atoms with E-state index in [1.807, 2.05) is 6.92 Å². The lowest BCUT2D eigenvalue weighted by Gasteiger charge is -2.13. The van der Waals surface area contributed by atoms with E-state index < -0.39 is 10.0 Å². The molecule has 0 radical (unpaired) electrons. The zero-order valence-electron chi connectivity index (χ0n) is 11.5. The molecule has 1 aromatic heterocycles. The second kappa shape index (κ2) is 5.44. The number of anilines is 3. The zero-order chi connectivity index (χ0) is 15.6. The Morgan fingerprint density at radius 2 is 1.76 bits per heavy atom. The molecule has 0 unspecified atom stereocenters. The highest BCUT2D eigenvalue weighted by Crippen LogP contribution is 2.30. The van der Waals surface area contributed by atoms with E-state index in [2.05, 4.69) is 14.7 Å². The van der Waals surface area contributed by atoms with E-state index >= 15 is 0 Å². The van der Waals surface area contributed by atoms with Crippen molar-refractivity contribution in [2.24, 2.45) is 0 Å². The first-order valence-corrected chi connectivity index (χ1v) is 7.38. The maximum absolute atomic E-state index is 12.3. The molecule has 0 atom stereocenters. The van der Waals surface area contributed by atoms with Crippen molar-refractivity contribution in [3.63, 3.8) is 0 Å². The predicted molar refractivity (Wildman–Crippen MR) is 79.4 cm³/mol. The van der Waals surface area contributed by atoms with Gasteiger partial charge in [-0.2, -0.15) is 9.97 Å². The van der Waals surface area contributed by atoms with Gasteiger partial charge in [0.1, 0.15) is 0 Å². The Balaban J connectivity index is 2.44. The van der Waals surface area contributed by atoms with Crippen molar-refractivity contribution >= 4 is 27.5 Å². The van der Waals surface area contributed by atoms with Gasteiger partial charge in [0.2, 0.25) is 11.8 Å². The number of nitrogens with zero attached hydrogens (tertiary/aromatic N) is 2. The van der Waals surface area contributed by atoms with Crippen molar-refractivity contribution in [3.8, 4) is 5.88 Å². The van der Waals surface area contributed by atoms with Crippen LogP contribution in [0.3, 0.4) is 0 Å². The third-order valence-corrected chi connectivity index (χ3v) is 4.05. The lowest BCUT2D eigenvalue weighted by molar-refractivity contribution is 0.400. The molecular weight excluding hydrogens is 294 g/mol. The van der Waals surface area contributed by atoms with Crippen LogP contribution in [0.25, 0.3) is 0 Å². The molecule has 0 aliphatic carbocycles. The Kier molecular flexibility index (Phi) is 3.85. The second-order valence-electron chi connectivity index (χ2n) is 4.27. The van der Waals surface area contributed by atoms with E-state index in [4.69, 9.17) is 16.2 Å². The Labute approximate surface area is 122 Å². The van der Waals surface area contributed by atoms with Gasteiger partial charge in [-0.1, -0.05) is 17.7 Å². The number of nitrogen functional groups attached to an aromatic ring is 2. The van der Waals surface area contributed by atoms with Gasteiger partial charge in [-0.25, -0.2) is 8.42 Å². The molecule has 9 heteroatoms. The van der Waals surface area contributed by atoms with E-state index in [0.29, 0.717) is 0 Å². The van der Waals surface area contributed by atoms with Gasteiger partial charge in [0.25, 0.3) is 10.0 Å². The van der Waals surface area contributed by atoms with E-state index in [1.165, 1.54) is 19.2 Å². The van der Waals surface area contributed by atoms with Crippen LogP contribution in [0.2, 0.25) is 0 Å². The Morgan fingerprint density at radius 3 is 2.33 bits per heavy atom. The van der Waals surface area contributed by atoms with Crippen LogP contribution in [0.5, 0.6) is 5.88 Å². The average molecular weight is 309 g/mol. The Hall–Kier alpha value is -2.55. The van der Waals surface area contributed by atoms with Gasteiger partial charge < -0.3 is 16.2 Å². The molecule has 5 N–H and O–H groups in total. The minimum atomic E-state index is -3.83. The van der Waals surface area contributed by atoms with Crippen LogP contribution in [0.1, 0.15) is 5.56 Å². The minimum absolute atomic E-state index is 0.0457. The average Bonchev–Trinajstić information content (AvgIpc) is 2.42. The highest BCUT2D eigenvalue weighted by Gasteiger charge is 2.20. The number of hydrogen-bond acceptors (Lipinski definition) is 7. The number of hydrogen-bond donors (Lipinski definition) is 3. The summed E-state index contributed by atoms with van der Waals surface area (Å²) in [7, 11) is -2.50. The van der Waals surface area contributed by atoms with Crippen LogP contribution in [0.15, 0.2) is 29.2 Å². The Morgan fingerprint density at radius 1 is 1.14 bits per heavy atom. The van der Waals surface area contributed by atoms with Crippen LogP contribution in [-0.4, -0.2) is 25.5 Å². The van der Waals surface area contributed by atoms with E-state index in [0.717, 1.165) is 5.56 Å². The number of ether oxygens (including phenoxy) is 1. The Bertz CT molecular complexity index is 759. The minimum Gasteiger partial charge on any atom is -0.479 e. The van der Waals surface area contributed by atoms with Crippen LogP contribution < -0.4 is 20.9 Å². The third-order valence-electron chi connectivity index (χ3n) is 2.68. The molecule has 0 saturated heterocycles. The molecule has 1 aromatic carbocycles. The van der Waals surface area contributed by atoms with E-state index in [-0.39, 0.29) is 28.2 Å². The molecular formula is C12H15N5O3S. The molecule has 112 valence electrons. The monoisotopic (exact) mass is 309 g/mol. The summed E-state index contributed by atoms with van der Waals surface area (Å²) >= 11 is 0. The van der Waals surface area contributed by atoms with Crippen molar-refractivity contribution in [3.05, 3.63) is 29.8 Å². The highest BCUT2D eigenvalue weighted by atomic mass is 32.2. The second-order valence-corrected chi connectivity index (χ2v) is 5.95. The molecule has 1 heterocycles. The fourth-order valence-corrected chi connectivity index (χ4v) is 2.70. The SMILES string of the molecule is COc1nc(N)nc(N)c1NS(=O)(=O)c1ccc(C)cc1. The van der Waals surface area contributed by atoms with Gasteiger partial charge >= 0.3 is 0 Å². The van der Waals surface area contributed by atoms with Crippen LogP contribution in [-0.2, 0) is 10.0 Å². The molecule has 2 aromatic rings. The molecule has 0 aliphatic heterocycles. The van der Waals surface area contributed by atoms with Gasteiger partial charge in [0.15, 0.2) is 11.5 Å². The molecule has 0 bridgehead atoms. The van der Waals surface area contributed by atoms with Crippen molar-refractivity contribution in [1.82, 2.24) is 9.97 Å². The summed E-state index contributed by atoms with van der Waals surface area (Å²) < 4.78 is 31.9. The highest BCUT2D eigenvalue weighted by molar-refractivity contribution is 7.92. The summed E-state index contributed by atoms with van der Waals surface area (Å²) in [5.74, 6) is -0.270. The number of sulfonamides is 1. The number of nitrogens with one attached hydrogen (secondary N) is 1. The zero-order valence-corrected chi connectivity index (χ0v) is 12.3. The number of aromatic nitrogens is 2. The van der Waals surface area contributed by atoms with Crippen molar-refractivity contribution < 1.29 is 13.2 Å². The number of benzene rings is 1. The van der Waals surface area contributed by atoms with Crippen LogP contribution in [0.4, 0.5) is 17.5 Å². The molecule has 0 saturated carbocycles. The van der Waals surface area contributed by atoms with Crippen molar-refractivity contribution in [1.29, 1.82) is 0 Å². The first kappa shape index (κ1) is 14.9. The smallest absolute Gasteiger partial charge is 0.262 e. The maximum Gasteiger partial charge on any atom is 0.262 e. The lowest BCUT2D eigenvalue weighted by Crippen LogP contribution is -2.16. The van der Waals surface area contributed by atoms with Gasteiger partial charge in [0, 0.05) is 0 Å². The molecule has 8 nitrogen and oxygen atoms in total. The summed E-state index contributed by atoms with van der Waals surface area (Å²) in [6.07, 6.45) is 0. The molecule has 21 heavy (non-hydrogen) atoms. The quantitative estimate of drug-likeness (QED) is 0.759. The van der Waals surface area contributed by atoms with Crippen LogP contribution >= 0.6 is 0 Å². The molecule has 2 rings (SSSR count). The van der Waals surface area contributed by atoms with Gasteiger partial charge in [-0.3, -0.25) is 4.72 Å². The van der Waals surface area contributed by atoms with Crippen molar-refractivity contribution in [2.75, 3.05) is 23.3 Å². The molecule has 0 amide bonds. The summed E-state index contributed by atoms with van der Waals surface area (Å²) in [5, 5.41) is 0. The summed E-state index contributed by atoms with van der Waals surface area (Å²) in [6.45, 7) is 1.86. The van der Waals surface area contributed by atoms with E-state index in [1.54, 1.807) is 12.1 Å². The first-order valence-electron chi connectivity index (χ1n) is 5.90. The van der Waals surface area contributed by atoms with Crippen molar-refractivity contribution in [2.45, 2.75) is 11.8 Å². The summed E-state index contributed by atoms with van der Waals surface area (Å²) in [5.41, 5.74) is 12.0. The van der Waals surface area contributed by atoms with Gasteiger partial charge in [-0.15, -0.1) is 0 Å². The lowest BCUT2D eigenvalue weighted by atomic mass is 10.2. The number of rotatable bonds is 4.